The van der Waals surface area contributed by atoms with E-state index in [1.807, 2.05) is 36.4 Å². The maximum Gasteiger partial charge on any atom is 0.259 e. The molecule has 0 saturated carbocycles. The Morgan fingerprint density at radius 1 is 0.969 bits per heavy atom. The van der Waals surface area contributed by atoms with Crippen molar-refractivity contribution in [3.8, 4) is 11.5 Å². The number of nitrogens with two attached hydrogens (primary N) is 1. The quantitative estimate of drug-likeness (QED) is 0.229. The van der Waals surface area contributed by atoms with Crippen molar-refractivity contribution in [2.24, 2.45) is 5.73 Å². The molecule has 3 aromatic rings. The average Bonchev–Trinajstić information content (AvgIpc) is 2.79. The number of phenolic OH excluding ortho intramolecular Hbond substituents is 1. The molecule has 32 heavy (non-hydrogen) atoms. The number of unbranched alkanes of at least 4 members (excludes halogenated alkanes) is 2. The fourth-order valence-electron chi connectivity index (χ4n) is 3.39. The van der Waals surface area contributed by atoms with Crippen LogP contribution < -0.4 is 21.1 Å². The molecule has 6 nitrogen and oxygen atoms in total. The highest BCUT2D eigenvalue weighted by Crippen LogP contribution is 2.30. The summed E-state index contributed by atoms with van der Waals surface area (Å²) >= 11 is 5.88. The van der Waals surface area contributed by atoms with Gasteiger partial charge in [-0.3, -0.25) is 4.79 Å². The van der Waals surface area contributed by atoms with Crippen molar-refractivity contribution >= 4 is 34.0 Å². The number of carbonyl (C=O) groups is 1. The number of rotatable bonds is 12. The Bertz CT molecular complexity index is 1040. The predicted molar refractivity (Wildman–Crippen MR) is 131 cm³/mol. The SMILES string of the molecule is NCCCCCNCCCOc1cc2ccccc2cc1C(=O)Nc1ccc(Cl)cc1O. The summed E-state index contributed by atoms with van der Waals surface area (Å²) in [6, 6.07) is 16.1. The monoisotopic (exact) mass is 455 g/mol. The Kier molecular flexibility index (Phi) is 9.16. The lowest BCUT2D eigenvalue weighted by Gasteiger charge is -2.14. The van der Waals surface area contributed by atoms with Gasteiger partial charge < -0.3 is 26.2 Å². The van der Waals surface area contributed by atoms with Gasteiger partial charge in [0.15, 0.2) is 0 Å². The van der Waals surface area contributed by atoms with Gasteiger partial charge in [0.05, 0.1) is 17.9 Å². The van der Waals surface area contributed by atoms with Crippen LogP contribution in [0.1, 0.15) is 36.0 Å². The number of halogens is 1. The summed E-state index contributed by atoms with van der Waals surface area (Å²) in [6.45, 7) is 3.04. The summed E-state index contributed by atoms with van der Waals surface area (Å²) in [6.07, 6.45) is 4.14. The Balaban J connectivity index is 1.65. The van der Waals surface area contributed by atoms with Crippen LogP contribution in [0, 0.1) is 0 Å². The summed E-state index contributed by atoms with van der Waals surface area (Å²) in [5, 5.41) is 18.5. The molecule has 7 heteroatoms. The zero-order valence-corrected chi connectivity index (χ0v) is 18.8. The Morgan fingerprint density at radius 3 is 2.47 bits per heavy atom. The molecule has 0 fully saturated rings. The molecule has 170 valence electrons. The highest BCUT2D eigenvalue weighted by Gasteiger charge is 2.16. The molecule has 0 aliphatic rings. The number of ether oxygens (including phenoxy) is 1. The molecule has 0 atom stereocenters. The number of hydrogen-bond acceptors (Lipinski definition) is 5. The molecule has 0 aliphatic carbocycles. The van der Waals surface area contributed by atoms with Gasteiger partial charge >= 0.3 is 0 Å². The molecular formula is C25H30ClN3O3. The van der Waals surface area contributed by atoms with Gasteiger partial charge in [-0.2, -0.15) is 0 Å². The second-order valence-electron chi connectivity index (χ2n) is 7.61. The maximum absolute atomic E-state index is 13.0. The summed E-state index contributed by atoms with van der Waals surface area (Å²) < 4.78 is 6.00. The normalized spacial score (nSPS) is 10.9. The number of fused-ring (bicyclic) bond motifs is 1. The molecule has 0 aliphatic heterocycles. The van der Waals surface area contributed by atoms with Crippen LogP contribution in [0.2, 0.25) is 5.02 Å². The van der Waals surface area contributed by atoms with E-state index >= 15 is 0 Å². The van der Waals surface area contributed by atoms with Crippen LogP contribution in [0.25, 0.3) is 10.8 Å². The molecule has 0 radical (unpaired) electrons. The molecule has 0 saturated heterocycles. The first kappa shape index (κ1) is 23.9. The molecule has 3 rings (SSSR count). The van der Waals surface area contributed by atoms with Gasteiger partial charge in [0.2, 0.25) is 0 Å². The van der Waals surface area contributed by atoms with Gasteiger partial charge in [-0.15, -0.1) is 0 Å². The third kappa shape index (κ3) is 6.85. The van der Waals surface area contributed by atoms with Crippen molar-refractivity contribution in [2.45, 2.75) is 25.7 Å². The van der Waals surface area contributed by atoms with Crippen molar-refractivity contribution in [3.63, 3.8) is 0 Å². The van der Waals surface area contributed by atoms with Crippen LogP contribution in [-0.4, -0.2) is 37.3 Å². The molecule has 0 bridgehead atoms. The molecule has 1 amide bonds. The van der Waals surface area contributed by atoms with Crippen LogP contribution >= 0.6 is 11.6 Å². The van der Waals surface area contributed by atoms with Gasteiger partial charge in [0.25, 0.3) is 5.91 Å². The van der Waals surface area contributed by atoms with Crippen molar-refractivity contribution in [1.29, 1.82) is 0 Å². The zero-order chi connectivity index (χ0) is 22.8. The highest BCUT2D eigenvalue weighted by molar-refractivity contribution is 6.30. The number of carbonyl (C=O) groups excluding carboxylic acids is 1. The minimum absolute atomic E-state index is 0.0911. The maximum atomic E-state index is 13.0. The minimum atomic E-state index is -0.360. The van der Waals surface area contributed by atoms with Crippen LogP contribution in [0.5, 0.6) is 11.5 Å². The van der Waals surface area contributed by atoms with E-state index in [4.69, 9.17) is 22.1 Å². The third-order valence-corrected chi connectivity index (χ3v) is 5.35. The number of amides is 1. The van der Waals surface area contributed by atoms with E-state index in [0.717, 1.165) is 56.1 Å². The molecule has 3 aromatic carbocycles. The van der Waals surface area contributed by atoms with Crippen LogP contribution in [-0.2, 0) is 0 Å². The first-order valence-corrected chi connectivity index (χ1v) is 11.3. The molecule has 0 unspecified atom stereocenters. The van der Waals surface area contributed by atoms with Gasteiger partial charge in [0.1, 0.15) is 11.5 Å². The first-order valence-electron chi connectivity index (χ1n) is 10.9. The Morgan fingerprint density at radius 2 is 1.72 bits per heavy atom. The minimum Gasteiger partial charge on any atom is -0.506 e. The lowest BCUT2D eigenvalue weighted by Crippen LogP contribution is -2.19. The number of hydrogen-bond donors (Lipinski definition) is 4. The Hall–Kier alpha value is -2.80. The van der Waals surface area contributed by atoms with E-state index in [0.29, 0.717) is 22.9 Å². The highest BCUT2D eigenvalue weighted by atomic mass is 35.5. The fourth-order valence-corrected chi connectivity index (χ4v) is 3.56. The second kappa shape index (κ2) is 12.3. The van der Waals surface area contributed by atoms with Crippen molar-refractivity contribution < 1.29 is 14.6 Å². The smallest absolute Gasteiger partial charge is 0.259 e. The average molecular weight is 456 g/mol. The van der Waals surface area contributed by atoms with E-state index in [1.54, 1.807) is 12.1 Å². The summed E-state index contributed by atoms with van der Waals surface area (Å²) in [5.41, 5.74) is 6.20. The number of nitrogens with one attached hydrogen (secondary N) is 2. The van der Waals surface area contributed by atoms with Gasteiger partial charge in [0, 0.05) is 11.1 Å². The summed E-state index contributed by atoms with van der Waals surface area (Å²) in [5.74, 6) is 0.0608. The second-order valence-corrected chi connectivity index (χ2v) is 8.05. The van der Waals surface area contributed by atoms with E-state index in [1.165, 1.54) is 6.07 Å². The van der Waals surface area contributed by atoms with Crippen LogP contribution in [0.15, 0.2) is 54.6 Å². The van der Waals surface area contributed by atoms with E-state index in [9.17, 15) is 9.90 Å². The molecule has 0 aromatic heterocycles. The van der Waals surface area contributed by atoms with Crippen LogP contribution in [0.3, 0.4) is 0 Å². The molecular weight excluding hydrogens is 426 g/mol. The molecule has 0 heterocycles. The van der Waals surface area contributed by atoms with Gasteiger partial charge in [-0.05, 0) is 73.9 Å². The number of phenols is 1. The number of aromatic hydroxyl groups is 1. The first-order chi connectivity index (χ1) is 15.6. The zero-order valence-electron chi connectivity index (χ0n) is 18.1. The van der Waals surface area contributed by atoms with E-state index in [2.05, 4.69) is 10.6 Å². The number of anilines is 1. The molecule has 0 spiro atoms. The lowest BCUT2D eigenvalue weighted by molar-refractivity contribution is 0.102. The van der Waals surface area contributed by atoms with Crippen molar-refractivity contribution in [3.05, 3.63) is 65.2 Å². The third-order valence-electron chi connectivity index (χ3n) is 5.11. The van der Waals surface area contributed by atoms with Gasteiger partial charge in [-0.1, -0.05) is 42.3 Å². The Labute approximate surface area is 193 Å². The lowest BCUT2D eigenvalue weighted by atomic mass is 10.0. The fraction of sp³-hybridized carbons (Fsp3) is 0.320. The predicted octanol–water partition coefficient (Wildman–Crippen LogP) is 4.94. The largest absolute Gasteiger partial charge is 0.506 e. The van der Waals surface area contributed by atoms with E-state index < -0.39 is 0 Å². The number of benzene rings is 3. The molecule has 5 N–H and O–H groups in total. The standard InChI is InChI=1S/C25H30ClN3O3/c26-20-9-10-22(23(30)17-20)29-25(31)21-15-18-7-2-3-8-19(18)16-24(21)32-14-6-13-28-12-5-1-4-11-27/h2-3,7-10,15-17,28,30H,1,4-6,11-14,27H2,(H,29,31). The topological polar surface area (TPSA) is 96.6 Å². The van der Waals surface area contributed by atoms with Crippen molar-refractivity contribution in [2.75, 3.05) is 31.6 Å². The van der Waals surface area contributed by atoms with Crippen LogP contribution in [0.4, 0.5) is 5.69 Å². The van der Waals surface area contributed by atoms with E-state index in [-0.39, 0.29) is 17.3 Å². The van der Waals surface area contributed by atoms with Gasteiger partial charge in [-0.25, -0.2) is 0 Å². The van der Waals surface area contributed by atoms with Crippen molar-refractivity contribution in [1.82, 2.24) is 5.32 Å². The summed E-state index contributed by atoms with van der Waals surface area (Å²) in [7, 11) is 0. The summed E-state index contributed by atoms with van der Waals surface area (Å²) in [4.78, 5) is 13.0.